The first-order valence-corrected chi connectivity index (χ1v) is 7.53. The Morgan fingerprint density at radius 3 is 1.32 bits per heavy atom. The van der Waals surface area contributed by atoms with Gasteiger partial charge in [0.2, 0.25) is 0 Å². The van der Waals surface area contributed by atoms with Crippen LogP contribution in [0.2, 0.25) is 0 Å². The molecule has 4 nitrogen and oxygen atoms in total. The zero-order valence-corrected chi connectivity index (χ0v) is 11.0. The van der Waals surface area contributed by atoms with E-state index in [0.29, 0.717) is 11.1 Å². The third-order valence-corrected chi connectivity index (χ3v) is 4.19. The normalized spacial score (nSPS) is 11.4. The highest BCUT2D eigenvalue weighted by Crippen LogP contribution is 2.17. The topological polar surface area (TPSA) is 74.6 Å². The fourth-order valence-electron chi connectivity index (χ4n) is 1.74. The lowest BCUT2D eigenvalue weighted by Crippen LogP contribution is -2.07. The van der Waals surface area contributed by atoms with Gasteiger partial charge >= 0.3 is 0 Å². The van der Waals surface area contributed by atoms with Crippen LogP contribution in [0.5, 0.6) is 11.5 Å². The maximum absolute atomic E-state index is 12.0. The minimum absolute atomic E-state index is 0.0752. The van der Waals surface area contributed by atoms with E-state index in [0.717, 1.165) is 0 Å². The third kappa shape index (κ3) is 3.99. The zero-order chi connectivity index (χ0) is 13.9. The summed E-state index contributed by atoms with van der Waals surface area (Å²) in [5.74, 6) is 0.0712. The summed E-state index contributed by atoms with van der Waals surface area (Å²) < 4.78 is 24.0. The van der Waals surface area contributed by atoms with Crippen molar-refractivity contribution in [3.8, 4) is 11.5 Å². The number of rotatable bonds is 4. The molecular weight excluding hydrogens is 264 g/mol. The van der Waals surface area contributed by atoms with Crippen LogP contribution >= 0.6 is 0 Å². The molecule has 0 aliphatic heterocycles. The standard InChI is InChI=1S/C14H14O4S/c15-13-5-1-11(2-6-13)9-19(17,18)10-12-3-7-14(16)8-4-12/h1-8,15-16H,9-10H2. The fourth-order valence-corrected chi connectivity index (χ4v) is 3.25. The molecule has 100 valence electrons. The minimum Gasteiger partial charge on any atom is -0.508 e. The van der Waals surface area contributed by atoms with E-state index in [-0.39, 0.29) is 23.0 Å². The predicted molar refractivity (Wildman–Crippen MR) is 72.5 cm³/mol. The quantitative estimate of drug-likeness (QED) is 0.899. The molecule has 2 aromatic rings. The smallest absolute Gasteiger partial charge is 0.158 e. The van der Waals surface area contributed by atoms with Gasteiger partial charge in [0.25, 0.3) is 0 Å². The predicted octanol–water partition coefficient (Wildman–Crippen LogP) is 2.21. The Hall–Kier alpha value is -2.01. The number of hydrogen-bond donors (Lipinski definition) is 2. The number of aromatic hydroxyl groups is 2. The van der Waals surface area contributed by atoms with Crippen molar-refractivity contribution in [2.75, 3.05) is 0 Å². The van der Waals surface area contributed by atoms with Crippen molar-refractivity contribution in [2.24, 2.45) is 0 Å². The lowest BCUT2D eigenvalue weighted by atomic mass is 10.2. The molecule has 0 spiro atoms. The van der Waals surface area contributed by atoms with Gasteiger partial charge in [0, 0.05) is 0 Å². The summed E-state index contributed by atoms with van der Waals surface area (Å²) >= 11 is 0. The van der Waals surface area contributed by atoms with Gasteiger partial charge in [0.1, 0.15) is 11.5 Å². The molecule has 2 rings (SSSR count). The van der Waals surface area contributed by atoms with Crippen molar-refractivity contribution in [3.63, 3.8) is 0 Å². The summed E-state index contributed by atoms with van der Waals surface area (Å²) in [7, 11) is -3.28. The van der Waals surface area contributed by atoms with Gasteiger partial charge in [0.15, 0.2) is 9.84 Å². The van der Waals surface area contributed by atoms with Crippen LogP contribution in [0, 0.1) is 0 Å². The van der Waals surface area contributed by atoms with Gasteiger partial charge in [-0.2, -0.15) is 0 Å². The van der Waals surface area contributed by atoms with Gasteiger partial charge in [0.05, 0.1) is 11.5 Å². The molecule has 0 bridgehead atoms. The van der Waals surface area contributed by atoms with Gasteiger partial charge in [-0.05, 0) is 35.4 Å². The van der Waals surface area contributed by atoms with Crippen LogP contribution < -0.4 is 0 Å². The number of benzene rings is 2. The maximum Gasteiger partial charge on any atom is 0.158 e. The number of hydrogen-bond acceptors (Lipinski definition) is 4. The lowest BCUT2D eigenvalue weighted by Gasteiger charge is -2.05. The molecule has 0 aromatic heterocycles. The largest absolute Gasteiger partial charge is 0.508 e. The van der Waals surface area contributed by atoms with E-state index in [9.17, 15) is 8.42 Å². The van der Waals surface area contributed by atoms with Gasteiger partial charge in [-0.25, -0.2) is 8.42 Å². The van der Waals surface area contributed by atoms with Crippen LogP contribution in [-0.4, -0.2) is 18.6 Å². The van der Waals surface area contributed by atoms with E-state index in [2.05, 4.69) is 0 Å². The average Bonchev–Trinajstić information content (AvgIpc) is 2.34. The van der Waals surface area contributed by atoms with Crippen molar-refractivity contribution in [1.82, 2.24) is 0 Å². The highest BCUT2D eigenvalue weighted by molar-refractivity contribution is 7.89. The Bertz CT molecular complexity index is 589. The highest BCUT2D eigenvalue weighted by atomic mass is 32.2. The number of phenolic OH excluding ortho intramolecular Hbond substituents is 2. The first-order valence-electron chi connectivity index (χ1n) is 5.71. The highest BCUT2D eigenvalue weighted by Gasteiger charge is 2.13. The Labute approximate surface area is 111 Å². The Kier molecular flexibility index (Phi) is 3.76. The van der Waals surface area contributed by atoms with E-state index in [1.165, 1.54) is 24.3 Å². The van der Waals surface area contributed by atoms with E-state index in [4.69, 9.17) is 10.2 Å². The summed E-state index contributed by atoms with van der Waals surface area (Å²) in [6.45, 7) is 0. The number of phenols is 2. The molecule has 5 heteroatoms. The zero-order valence-electron chi connectivity index (χ0n) is 10.2. The number of sulfone groups is 1. The lowest BCUT2D eigenvalue weighted by molar-refractivity contribution is 0.474. The van der Waals surface area contributed by atoms with Crippen LogP contribution in [0.1, 0.15) is 11.1 Å². The molecule has 0 heterocycles. The van der Waals surface area contributed by atoms with E-state index < -0.39 is 9.84 Å². The van der Waals surface area contributed by atoms with Crippen molar-refractivity contribution < 1.29 is 18.6 Å². The molecule has 0 saturated heterocycles. The van der Waals surface area contributed by atoms with Crippen molar-refractivity contribution in [1.29, 1.82) is 0 Å². The van der Waals surface area contributed by atoms with E-state index in [1.54, 1.807) is 24.3 Å². The second kappa shape index (κ2) is 5.32. The summed E-state index contributed by atoms with van der Waals surface area (Å²) in [6.07, 6.45) is 0. The summed E-state index contributed by atoms with van der Waals surface area (Å²) in [5, 5.41) is 18.3. The molecule has 0 aliphatic rings. The molecular formula is C14H14O4S. The van der Waals surface area contributed by atoms with Gasteiger partial charge < -0.3 is 10.2 Å². The SMILES string of the molecule is O=S(=O)(Cc1ccc(O)cc1)Cc1ccc(O)cc1. The third-order valence-electron chi connectivity index (χ3n) is 2.65. The first-order chi connectivity index (χ1) is 8.94. The summed E-state index contributed by atoms with van der Waals surface area (Å²) in [6, 6.07) is 12.2. The van der Waals surface area contributed by atoms with Crippen LogP contribution in [-0.2, 0) is 21.3 Å². The van der Waals surface area contributed by atoms with Crippen molar-refractivity contribution in [2.45, 2.75) is 11.5 Å². The molecule has 2 aromatic carbocycles. The Morgan fingerprint density at radius 2 is 1.00 bits per heavy atom. The monoisotopic (exact) mass is 278 g/mol. The van der Waals surface area contributed by atoms with Crippen molar-refractivity contribution in [3.05, 3.63) is 59.7 Å². The average molecular weight is 278 g/mol. The molecule has 0 radical (unpaired) electrons. The summed E-state index contributed by atoms with van der Waals surface area (Å²) in [4.78, 5) is 0. The van der Waals surface area contributed by atoms with Gasteiger partial charge in [-0.15, -0.1) is 0 Å². The van der Waals surface area contributed by atoms with E-state index >= 15 is 0 Å². The van der Waals surface area contributed by atoms with Crippen molar-refractivity contribution >= 4 is 9.84 Å². The van der Waals surface area contributed by atoms with Crippen LogP contribution in [0.4, 0.5) is 0 Å². The Balaban J connectivity index is 2.10. The molecule has 2 N–H and O–H groups in total. The van der Waals surface area contributed by atoms with Crippen LogP contribution in [0.3, 0.4) is 0 Å². The van der Waals surface area contributed by atoms with E-state index in [1.807, 2.05) is 0 Å². The van der Waals surface area contributed by atoms with Gasteiger partial charge in [-0.3, -0.25) is 0 Å². The van der Waals surface area contributed by atoms with Gasteiger partial charge in [-0.1, -0.05) is 24.3 Å². The second-order valence-electron chi connectivity index (χ2n) is 4.37. The molecule has 0 unspecified atom stereocenters. The van der Waals surface area contributed by atoms with Crippen LogP contribution in [0.25, 0.3) is 0 Å². The molecule has 0 fully saturated rings. The maximum atomic E-state index is 12.0. The molecule has 0 amide bonds. The molecule has 19 heavy (non-hydrogen) atoms. The fraction of sp³-hybridized carbons (Fsp3) is 0.143. The Morgan fingerprint density at radius 1 is 0.684 bits per heavy atom. The molecule has 0 atom stereocenters. The molecule has 0 saturated carbocycles. The minimum atomic E-state index is -3.28. The van der Waals surface area contributed by atoms with Crippen LogP contribution in [0.15, 0.2) is 48.5 Å². The summed E-state index contributed by atoms with van der Waals surface area (Å²) in [5.41, 5.74) is 1.27. The first kappa shape index (κ1) is 13.4. The molecule has 0 aliphatic carbocycles. The second-order valence-corrected chi connectivity index (χ2v) is 6.43.